The van der Waals surface area contributed by atoms with E-state index in [1.54, 1.807) is 13.0 Å². The molecule has 6 nitrogen and oxygen atoms in total. The molecule has 1 aromatic heterocycles. The minimum absolute atomic E-state index is 0.0695. The van der Waals surface area contributed by atoms with Crippen molar-refractivity contribution >= 4 is 11.5 Å². The Morgan fingerprint density at radius 2 is 2.28 bits per heavy atom. The van der Waals surface area contributed by atoms with Crippen molar-refractivity contribution in [3.8, 4) is 0 Å². The van der Waals surface area contributed by atoms with Gasteiger partial charge in [0, 0.05) is 24.7 Å². The van der Waals surface area contributed by atoms with Gasteiger partial charge in [0.25, 0.3) is 5.69 Å². The molecular weight excluding hydrogens is 232 g/mol. The predicted octanol–water partition coefficient (Wildman–Crippen LogP) is 1.61. The van der Waals surface area contributed by atoms with Gasteiger partial charge < -0.3 is 10.6 Å². The van der Waals surface area contributed by atoms with E-state index in [1.807, 2.05) is 0 Å². The van der Waals surface area contributed by atoms with E-state index in [1.165, 1.54) is 6.07 Å². The molecule has 1 fully saturated rings. The van der Waals surface area contributed by atoms with Crippen molar-refractivity contribution in [1.29, 1.82) is 0 Å². The van der Waals surface area contributed by atoms with E-state index in [2.05, 4.69) is 16.8 Å². The Labute approximate surface area is 106 Å². The fourth-order valence-corrected chi connectivity index (χ4v) is 2.44. The lowest BCUT2D eigenvalue weighted by molar-refractivity contribution is -0.385. The minimum Gasteiger partial charge on any atom is -0.354 e. The first-order chi connectivity index (χ1) is 8.49. The largest absolute Gasteiger partial charge is 0.354 e. The topological polar surface area (TPSA) is 85.3 Å². The van der Waals surface area contributed by atoms with Gasteiger partial charge in [0.15, 0.2) is 0 Å². The zero-order chi connectivity index (χ0) is 13.3. The van der Waals surface area contributed by atoms with Gasteiger partial charge in [-0.15, -0.1) is 0 Å². The van der Waals surface area contributed by atoms with Crippen LogP contribution in [0.3, 0.4) is 0 Å². The van der Waals surface area contributed by atoms with Gasteiger partial charge in [-0.25, -0.2) is 4.98 Å². The number of piperidine rings is 1. The molecule has 0 bridgehead atoms. The molecule has 98 valence electrons. The molecule has 0 aromatic carbocycles. The van der Waals surface area contributed by atoms with Crippen molar-refractivity contribution in [2.24, 2.45) is 5.73 Å². The van der Waals surface area contributed by atoms with Crippen LogP contribution in [0.15, 0.2) is 12.1 Å². The molecule has 18 heavy (non-hydrogen) atoms. The highest BCUT2D eigenvalue weighted by molar-refractivity contribution is 5.47. The molecule has 2 N–H and O–H groups in total. The summed E-state index contributed by atoms with van der Waals surface area (Å²) in [6.45, 7) is 4.63. The van der Waals surface area contributed by atoms with Crippen molar-refractivity contribution < 1.29 is 4.92 Å². The Hall–Kier alpha value is -1.69. The molecule has 0 aliphatic carbocycles. The summed E-state index contributed by atoms with van der Waals surface area (Å²) in [5.74, 6) is 0.803. The number of nitrogens with zero attached hydrogens (tertiary/aromatic N) is 3. The van der Waals surface area contributed by atoms with Gasteiger partial charge in [-0.1, -0.05) is 0 Å². The average Bonchev–Trinajstić information content (AvgIpc) is 2.28. The lowest BCUT2D eigenvalue weighted by Gasteiger charge is -2.37. The smallest absolute Gasteiger partial charge is 0.290 e. The summed E-state index contributed by atoms with van der Waals surface area (Å²) in [6, 6.07) is 3.81. The van der Waals surface area contributed by atoms with Gasteiger partial charge in [-0.3, -0.25) is 10.1 Å². The SMILES string of the molecule is Cc1nc(N2CCC(N)CC2C)ccc1[N+](=O)[O-]. The number of aromatic nitrogens is 1. The van der Waals surface area contributed by atoms with Gasteiger partial charge in [-0.2, -0.15) is 0 Å². The summed E-state index contributed by atoms with van der Waals surface area (Å²) in [7, 11) is 0. The van der Waals surface area contributed by atoms with E-state index in [0.717, 1.165) is 25.2 Å². The van der Waals surface area contributed by atoms with Gasteiger partial charge in [0.2, 0.25) is 0 Å². The van der Waals surface area contributed by atoms with Crippen LogP contribution < -0.4 is 10.6 Å². The fraction of sp³-hybridized carbons (Fsp3) is 0.583. The van der Waals surface area contributed by atoms with E-state index < -0.39 is 4.92 Å². The molecule has 2 unspecified atom stereocenters. The highest BCUT2D eigenvalue weighted by atomic mass is 16.6. The van der Waals surface area contributed by atoms with Crippen LogP contribution in [-0.2, 0) is 0 Å². The summed E-state index contributed by atoms with van der Waals surface area (Å²) >= 11 is 0. The van der Waals surface area contributed by atoms with Gasteiger partial charge in [0.05, 0.1) is 4.92 Å². The van der Waals surface area contributed by atoms with Crippen LogP contribution in [-0.4, -0.2) is 28.5 Å². The first-order valence-electron chi connectivity index (χ1n) is 6.13. The number of aryl methyl sites for hydroxylation is 1. The van der Waals surface area contributed by atoms with Crippen molar-refractivity contribution in [3.63, 3.8) is 0 Å². The Kier molecular flexibility index (Phi) is 3.47. The lowest BCUT2D eigenvalue weighted by Crippen LogP contribution is -2.46. The molecule has 0 amide bonds. The third kappa shape index (κ3) is 2.43. The first-order valence-corrected chi connectivity index (χ1v) is 6.13. The predicted molar refractivity (Wildman–Crippen MR) is 69.6 cm³/mol. The maximum absolute atomic E-state index is 10.8. The molecule has 6 heteroatoms. The third-order valence-corrected chi connectivity index (χ3v) is 3.45. The standard InChI is InChI=1S/C12H18N4O2/c1-8-7-10(13)5-6-15(8)12-4-3-11(16(17)18)9(2)14-12/h3-4,8,10H,5-7,13H2,1-2H3. The van der Waals surface area contributed by atoms with Crippen molar-refractivity contribution in [1.82, 2.24) is 4.98 Å². The van der Waals surface area contributed by atoms with Gasteiger partial charge in [0.1, 0.15) is 11.5 Å². The van der Waals surface area contributed by atoms with Crippen LogP contribution in [0.2, 0.25) is 0 Å². The van der Waals surface area contributed by atoms with E-state index >= 15 is 0 Å². The zero-order valence-corrected chi connectivity index (χ0v) is 10.7. The molecule has 0 radical (unpaired) electrons. The molecular formula is C12H18N4O2. The first kappa shape index (κ1) is 12.8. The van der Waals surface area contributed by atoms with E-state index in [9.17, 15) is 10.1 Å². The average molecular weight is 250 g/mol. The van der Waals surface area contributed by atoms with Crippen LogP contribution in [0.1, 0.15) is 25.5 Å². The van der Waals surface area contributed by atoms with Gasteiger partial charge in [-0.05, 0) is 32.8 Å². The van der Waals surface area contributed by atoms with Crippen molar-refractivity contribution in [2.45, 2.75) is 38.8 Å². The van der Waals surface area contributed by atoms with E-state index in [0.29, 0.717) is 11.7 Å². The highest BCUT2D eigenvalue weighted by Gasteiger charge is 2.25. The van der Waals surface area contributed by atoms with Crippen LogP contribution in [0.4, 0.5) is 11.5 Å². The molecule has 0 saturated carbocycles. The maximum atomic E-state index is 10.8. The Morgan fingerprint density at radius 1 is 1.56 bits per heavy atom. The maximum Gasteiger partial charge on any atom is 0.290 e. The normalized spacial score (nSPS) is 24.1. The number of hydrogen-bond donors (Lipinski definition) is 1. The number of anilines is 1. The van der Waals surface area contributed by atoms with Crippen LogP contribution in [0, 0.1) is 17.0 Å². The number of rotatable bonds is 2. The third-order valence-electron chi connectivity index (χ3n) is 3.45. The molecule has 1 aliphatic rings. The summed E-state index contributed by atoms with van der Waals surface area (Å²) in [5.41, 5.74) is 6.45. The van der Waals surface area contributed by atoms with Gasteiger partial charge >= 0.3 is 0 Å². The second kappa shape index (κ2) is 4.89. The summed E-state index contributed by atoms with van der Waals surface area (Å²) < 4.78 is 0. The monoisotopic (exact) mass is 250 g/mol. The summed E-state index contributed by atoms with van der Waals surface area (Å²) in [5, 5.41) is 10.8. The molecule has 2 heterocycles. The Balaban J connectivity index is 2.24. The van der Waals surface area contributed by atoms with Crippen molar-refractivity contribution in [3.05, 3.63) is 27.9 Å². The van der Waals surface area contributed by atoms with Crippen LogP contribution in [0.25, 0.3) is 0 Å². The Bertz CT molecular complexity index is 463. The number of hydrogen-bond acceptors (Lipinski definition) is 5. The fourth-order valence-electron chi connectivity index (χ4n) is 2.44. The molecule has 0 spiro atoms. The number of nitro groups is 1. The quantitative estimate of drug-likeness (QED) is 0.636. The van der Waals surface area contributed by atoms with Crippen LogP contribution >= 0.6 is 0 Å². The highest BCUT2D eigenvalue weighted by Crippen LogP contribution is 2.25. The lowest BCUT2D eigenvalue weighted by atomic mass is 9.99. The Morgan fingerprint density at radius 3 is 2.83 bits per heavy atom. The molecule has 1 aromatic rings. The van der Waals surface area contributed by atoms with Crippen LogP contribution in [0.5, 0.6) is 0 Å². The summed E-state index contributed by atoms with van der Waals surface area (Å²) in [4.78, 5) is 16.9. The molecule has 2 rings (SSSR count). The molecule has 1 saturated heterocycles. The summed E-state index contributed by atoms with van der Waals surface area (Å²) in [6.07, 6.45) is 1.86. The van der Waals surface area contributed by atoms with E-state index in [4.69, 9.17) is 5.73 Å². The minimum atomic E-state index is -0.401. The molecule has 1 aliphatic heterocycles. The second-order valence-electron chi connectivity index (χ2n) is 4.86. The van der Waals surface area contributed by atoms with E-state index in [-0.39, 0.29) is 11.7 Å². The van der Waals surface area contributed by atoms with Crippen molar-refractivity contribution in [2.75, 3.05) is 11.4 Å². The number of nitrogens with two attached hydrogens (primary N) is 1. The zero-order valence-electron chi connectivity index (χ0n) is 10.7. The molecule has 2 atom stereocenters. The second-order valence-corrected chi connectivity index (χ2v) is 4.86. The number of pyridine rings is 1.